The molecule has 0 aliphatic heterocycles. The normalized spacial score (nSPS) is 12.0. The highest BCUT2D eigenvalue weighted by molar-refractivity contribution is 7.80. The predicted octanol–water partition coefficient (Wildman–Crippen LogP) is 2.87. The molecule has 0 aliphatic carbocycles. The fourth-order valence-corrected chi connectivity index (χ4v) is 3.07. The molecule has 2 N–H and O–H groups in total. The third-order valence-electron chi connectivity index (χ3n) is 3.40. The van der Waals surface area contributed by atoms with Crippen molar-refractivity contribution in [1.82, 2.24) is 15.7 Å². The van der Waals surface area contributed by atoms with Gasteiger partial charge >= 0.3 is 0 Å². The molecule has 0 saturated carbocycles. The van der Waals surface area contributed by atoms with Crippen LogP contribution >= 0.6 is 23.6 Å². The van der Waals surface area contributed by atoms with Gasteiger partial charge in [0.1, 0.15) is 6.61 Å². The molecule has 0 spiro atoms. The maximum absolute atomic E-state index is 5.81. The molecule has 27 heavy (non-hydrogen) atoms. The van der Waals surface area contributed by atoms with Gasteiger partial charge in [-0.2, -0.15) is 5.10 Å². The molecule has 0 unspecified atom stereocenters. The lowest BCUT2D eigenvalue weighted by molar-refractivity contribution is 0.179. The summed E-state index contributed by atoms with van der Waals surface area (Å²) in [4.78, 5) is 4.39. The van der Waals surface area contributed by atoms with E-state index < -0.39 is 0 Å². The molecule has 1 heterocycles. The minimum absolute atomic E-state index is 0.100. The molecular weight excluding hydrogens is 384 g/mol. The van der Waals surface area contributed by atoms with Crippen LogP contribution in [0.4, 0.5) is 0 Å². The van der Waals surface area contributed by atoms with Gasteiger partial charge in [0, 0.05) is 18.5 Å². The quantitative estimate of drug-likeness (QED) is 0.375. The monoisotopic (exact) mass is 408 g/mol. The first-order valence-electron chi connectivity index (χ1n) is 8.32. The summed E-state index contributed by atoms with van der Waals surface area (Å²) in [5, 5.41) is 10.6. The first-order chi connectivity index (χ1) is 13.0. The standard InChI is InChI=1S/C18H24N4O3S2/c1-12(9-23-3)20-18(26)22-19-8-14-5-6-16(17(7-14)24-4)25-10-15-11-27-13(2)21-15/h5-8,11-12H,9-10H2,1-4H3,(H2,20,22,26)/b19-8-/t12-/m0/s1. The smallest absolute Gasteiger partial charge is 0.187 e. The second-order valence-electron chi connectivity index (χ2n) is 5.76. The molecule has 1 aromatic heterocycles. The van der Waals surface area contributed by atoms with Crippen molar-refractivity contribution in [2.45, 2.75) is 26.5 Å². The number of ether oxygens (including phenoxy) is 3. The Morgan fingerprint density at radius 1 is 1.37 bits per heavy atom. The Kier molecular flexibility index (Phi) is 8.43. The number of hydrogen-bond acceptors (Lipinski definition) is 7. The highest BCUT2D eigenvalue weighted by atomic mass is 32.1. The van der Waals surface area contributed by atoms with Gasteiger partial charge < -0.3 is 19.5 Å². The van der Waals surface area contributed by atoms with Crippen molar-refractivity contribution in [3.8, 4) is 11.5 Å². The molecule has 1 atom stereocenters. The van der Waals surface area contributed by atoms with Gasteiger partial charge in [-0.1, -0.05) is 0 Å². The van der Waals surface area contributed by atoms with Crippen LogP contribution in [0.15, 0.2) is 28.7 Å². The summed E-state index contributed by atoms with van der Waals surface area (Å²) in [6.45, 7) is 4.90. The lowest BCUT2D eigenvalue weighted by atomic mass is 10.2. The zero-order valence-corrected chi connectivity index (χ0v) is 17.4. The van der Waals surface area contributed by atoms with E-state index >= 15 is 0 Å². The first kappa shape index (κ1) is 21.1. The van der Waals surface area contributed by atoms with Crippen LogP contribution < -0.4 is 20.2 Å². The van der Waals surface area contributed by atoms with Crippen LogP contribution in [0.1, 0.15) is 23.2 Å². The van der Waals surface area contributed by atoms with Crippen LogP contribution in [-0.2, 0) is 11.3 Å². The average Bonchev–Trinajstić information content (AvgIpc) is 3.05. The average molecular weight is 409 g/mol. The predicted molar refractivity (Wildman–Crippen MR) is 112 cm³/mol. The molecule has 0 saturated heterocycles. The molecule has 9 heteroatoms. The van der Waals surface area contributed by atoms with E-state index in [4.69, 9.17) is 26.4 Å². The molecule has 2 rings (SSSR count). The van der Waals surface area contributed by atoms with Crippen molar-refractivity contribution in [1.29, 1.82) is 0 Å². The zero-order chi connectivity index (χ0) is 19.6. The van der Waals surface area contributed by atoms with E-state index in [1.165, 1.54) is 0 Å². The van der Waals surface area contributed by atoms with Crippen LogP contribution in [0.25, 0.3) is 0 Å². The van der Waals surface area contributed by atoms with E-state index in [1.807, 2.05) is 37.4 Å². The molecule has 0 fully saturated rings. The Hall–Kier alpha value is -2.23. The Balaban J connectivity index is 1.91. The molecule has 0 amide bonds. The van der Waals surface area contributed by atoms with Crippen molar-refractivity contribution in [3.05, 3.63) is 39.8 Å². The molecule has 0 radical (unpaired) electrons. The molecule has 1 aromatic carbocycles. The fourth-order valence-electron chi connectivity index (χ4n) is 2.22. The zero-order valence-electron chi connectivity index (χ0n) is 15.8. The summed E-state index contributed by atoms with van der Waals surface area (Å²) in [6, 6.07) is 5.68. The number of nitrogens with zero attached hydrogens (tertiary/aromatic N) is 2. The Bertz CT molecular complexity index is 780. The molecule has 2 aromatic rings. The lowest BCUT2D eigenvalue weighted by Crippen LogP contribution is -2.40. The van der Waals surface area contributed by atoms with Crippen molar-refractivity contribution in [2.24, 2.45) is 5.10 Å². The number of thiazole rings is 1. The summed E-state index contributed by atoms with van der Waals surface area (Å²) < 4.78 is 16.3. The number of aromatic nitrogens is 1. The van der Waals surface area contributed by atoms with Gasteiger partial charge in [-0.3, -0.25) is 5.43 Å². The summed E-state index contributed by atoms with van der Waals surface area (Å²) >= 11 is 6.77. The highest BCUT2D eigenvalue weighted by Gasteiger charge is 2.07. The SMILES string of the molecule is COC[C@H](C)NC(=S)N/N=C\c1ccc(OCc2csc(C)n2)c(OC)c1. The minimum atomic E-state index is 0.100. The van der Waals surface area contributed by atoms with Crippen LogP contribution in [0.2, 0.25) is 0 Å². The van der Waals surface area contributed by atoms with Crippen LogP contribution in [0, 0.1) is 6.92 Å². The molecular formula is C18H24N4O3S2. The third kappa shape index (κ3) is 7.12. The van der Waals surface area contributed by atoms with Gasteiger partial charge in [0.25, 0.3) is 0 Å². The van der Waals surface area contributed by atoms with Crippen molar-refractivity contribution in [3.63, 3.8) is 0 Å². The summed E-state index contributed by atoms with van der Waals surface area (Å²) in [5.74, 6) is 1.28. The van der Waals surface area contributed by atoms with E-state index in [1.54, 1.807) is 31.8 Å². The summed E-state index contributed by atoms with van der Waals surface area (Å²) in [6.07, 6.45) is 1.66. The van der Waals surface area contributed by atoms with Crippen LogP contribution in [-0.4, -0.2) is 43.2 Å². The van der Waals surface area contributed by atoms with Gasteiger partial charge in [-0.15, -0.1) is 11.3 Å². The Morgan fingerprint density at radius 2 is 2.19 bits per heavy atom. The molecule has 0 aliphatic rings. The second-order valence-corrected chi connectivity index (χ2v) is 7.23. The maximum Gasteiger partial charge on any atom is 0.187 e. The lowest BCUT2D eigenvalue weighted by Gasteiger charge is -2.13. The first-order valence-corrected chi connectivity index (χ1v) is 9.61. The number of hydrogen-bond donors (Lipinski definition) is 2. The van der Waals surface area contributed by atoms with Gasteiger partial charge in [0.2, 0.25) is 0 Å². The fraction of sp³-hybridized carbons (Fsp3) is 0.389. The van der Waals surface area contributed by atoms with E-state index in [0.29, 0.717) is 29.8 Å². The van der Waals surface area contributed by atoms with Gasteiger partial charge in [0.15, 0.2) is 16.6 Å². The number of methoxy groups -OCH3 is 2. The maximum atomic E-state index is 5.81. The number of aryl methyl sites for hydroxylation is 1. The minimum Gasteiger partial charge on any atom is -0.493 e. The Morgan fingerprint density at radius 3 is 2.85 bits per heavy atom. The van der Waals surface area contributed by atoms with Crippen LogP contribution in [0.5, 0.6) is 11.5 Å². The summed E-state index contributed by atoms with van der Waals surface area (Å²) in [5.41, 5.74) is 4.53. The van der Waals surface area contributed by atoms with Gasteiger partial charge in [0.05, 0.1) is 30.6 Å². The molecule has 7 nitrogen and oxygen atoms in total. The van der Waals surface area contributed by atoms with Gasteiger partial charge in [-0.05, 0) is 49.8 Å². The topological polar surface area (TPSA) is 77.0 Å². The van der Waals surface area contributed by atoms with Crippen molar-refractivity contribution in [2.75, 3.05) is 20.8 Å². The number of rotatable bonds is 9. The third-order valence-corrected chi connectivity index (χ3v) is 4.44. The molecule has 0 bridgehead atoms. The number of nitrogens with one attached hydrogen (secondary N) is 2. The van der Waals surface area contributed by atoms with Crippen molar-refractivity contribution >= 4 is 34.9 Å². The number of thiocarbonyl (C=S) groups is 1. The molecule has 146 valence electrons. The largest absolute Gasteiger partial charge is 0.493 e. The number of hydrazone groups is 1. The van der Waals surface area contributed by atoms with Gasteiger partial charge in [-0.25, -0.2) is 4.98 Å². The second kappa shape index (κ2) is 10.8. The van der Waals surface area contributed by atoms with E-state index in [9.17, 15) is 0 Å². The number of benzene rings is 1. The summed E-state index contributed by atoms with van der Waals surface area (Å²) in [7, 11) is 3.25. The van der Waals surface area contributed by atoms with E-state index in [2.05, 4.69) is 20.8 Å². The highest BCUT2D eigenvalue weighted by Crippen LogP contribution is 2.28. The van der Waals surface area contributed by atoms with E-state index in [-0.39, 0.29) is 6.04 Å². The van der Waals surface area contributed by atoms with Crippen LogP contribution in [0.3, 0.4) is 0 Å². The Labute approximate surface area is 168 Å². The van der Waals surface area contributed by atoms with Crippen molar-refractivity contribution < 1.29 is 14.2 Å². The van der Waals surface area contributed by atoms with E-state index in [0.717, 1.165) is 16.3 Å².